The lowest BCUT2D eigenvalue weighted by atomic mass is 10.1. The van der Waals surface area contributed by atoms with E-state index in [0.717, 1.165) is 12.1 Å². The molecule has 4 heteroatoms. The number of carbonyl (C=O) groups is 1. The minimum absolute atomic E-state index is 0.104. The molecule has 2 aliphatic heterocycles. The predicted octanol–water partition coefficient (Wildman–Crippen LogP) is 1.27. The lowest BCUT2D eigenvalue weighted by molar-refractivity contribution is -0.138. The molecule has 1 amide bonds. The average molecular weight is 246 g/mol. The van der Waals surface area contributed by atoms with E-state index in [1.165, 1.54) is 5.56 Å². The van der Waals surface area contributed by atoms with Crippen LogP contribution >= 0.6 is 0 Å². The zero-order chi connectivity index (χ0) is 12.5. The van der Waals surface area contributed by atoms with Crippen molar-refractivity contribution in [1.29, 1.82) is 0 Å². The van der Waals surface area contributed by atoms with Crippen LogP contribution in [-0.4, -0.2) is 42.6 Å². The molecule has 0 aromatic heterocycles. The lowest BCUT2D eigenvalue weighted by Crippen LogP contribution is -2.49. The van der Waals surface area contributed by atoms with E-state index in [-0.39, 0.29) is 18.1 Å². The van der Waals surface area contributed by atoms with E-state index >= 15 is 0 Å². The molecule has 2 atom stereocenters. The number of amides is 1. The summed E-state index contributed by atoms with van der Waals surface area (Å²) in [7, 11) is 0. The number of nitrogens with one attached hydrogen (secondary N) is 1. The number of benzene rings is 1. The molecule has 96 valence electrons. The van der Waals surface area contributed by atoms with Crippen molar-refractivity contribution in [2.75, 3.05) is 25.0 Å². The third-order valence-corrected chi connectivity index (χ3v) is 3.62. The number of morpholine rings is 1. The topological polar surface area (TPSA) is 41.6 Å². The molecular weight excluding hydrogens is 228 g/mol. The standard InChI is InChI=1S/C14H18N2O2/c1-10-9-16(6-7-18-10)14(17)13-8-11-4-2-3-5-12(11)15-13/h2-5,10,13,15H,6-9H2,1H3/t10-,13-/m1/s1. The Morgan fingerprint density at radius 2 is 2.28 bits per heavy atom. The molecule has 1 aromatic rings. The largest absolute Gasteiger partial charge is 0.375 e. The van der Waals surface area contributed by atoms with Crippen molar-refractivity contribution in [2.24, 2.45) is 0 Å². The zero-order valence-corrected chi connectivity index (χ0v) is 10.6. The number of rotatable bonds is 1. The molecule has 1 aromatic carbocycles. The molecule has 0 unspecified atom stereocenters. The Morgan fingerprint density at radius 3 is 3.06 bits per heavy atom. The highest BCUT2D eigenvalue weighted by Gasteiger charge is 2.31. The summed E-state index contributed by atoms with van der Waals surface area (Å²) in [6.07, 6.45) is 0.937. The van der Waals surface area contributed by atoms with Crippen LogP contribution in [-0.2, 0) is 16.0 Å². The number of anilines is 1. The first kappa shape index (κ1) is 11.5. The lowest BCUT2D eigenvalue weighted by Gasteiger charge is -2.32. The second kappa shape index (κ2) is 4.61. The van der Waals surface area contributed by atoms with Gasteiger partial charge in [0, 0.05) is 25.2 Å². The Hall–Kier alpha value is -1.55. The van der Waals surface area contributed by atoms with Crippen molar-refractivity contribution in [3.63, 3.8) is 0 Å². The third kappa shape index (κ3) is 2.08. The zero-order valence-electron chi connectivity index (χ0n) is 10.6. The molecule has 0 saturated carbocycles. The molecule has 1 saturated heterocycles. The molecule has 0 radical (unpaired) electrons. The number of fused-ring (bicyclic) bond motifs is 1. The van der Waals surface area contributed by atoms with E-state index in [4.69, 9.17) is 4.74 Å². The molecule has 1 N–H and O–H groups in total. The highest BCUT2D eigenvalue weighted by atomic mass is 16.5. The number of carbonyl (C=O) groups excluding carboxylic acids is 1. The van der Waals surface area contributed by atoms with Gasteiger partial charge in [0.1, 0.15) is 6.04 Å². The van der Waals surface area contributed by atoms with Gasteiger partial charge in [-0.25, -0.2) is 0 Å². The van der Waals surface area contributed by atoms with Gasteiger partial charge in [0.2, 0.25) is 5.91 Å². The van der Waals surface area contributed by atoms with E-state index in [1.54, 1.807) is 0 Å². The minimum atomic E-state index is -0.104. The van der Waals surface area contributed by atoms with Gasteiger partial charge in [0.25, 0.3) is 0 Å². The summed E-state index contributed by atoms with van der Waals surface area (Å²) in [5, 5.41) is 3.31. The van der Waals surface area contributed by atoms with Gasteiger partial charge in [-0.15, -0.1) is 0 Å². The smallest absolute Gasteiger partial charge is 0.245 e. The molecule has 4 nitrogen and oxygen atoms in total. The second-order valence-corrected chi connectivity index (χ2v) is 5.02. The number of ether oxygens (including phenoxy) is 1. The number of para-hydroxylation sites is 1. The maximum atomic E-state index is 12.4. The van der Waals surface area contributed by atoms with Gasteiger partial charge < -0.3 is 15.0 Å². The first-order valence-corrected chi connectivity index (χ1v) is 6.49. The van der Waals surface area contributed by atoms with Crippen molar-refractivity contribution in [1.82, 2.24) is 4.90 Å². The summed E-state index contributed by atoms with van der Waals surface area (Å²) in [6.45, 7) is 4.06. The Labute approximate surface area is 107 Å². The van der Waals surface area contributed by atoms with E-state index in [0.29, 0.717) is 19.7 Å². The summed E-state index contributed by atoms with van der Waals surface area (Å²) in [5.74, 6) is 0.196. The monoisotopic (exact) mass is 246 g/mol. The van der Waals surface area contributed by atoms with Gasteiger partial charge in [0.15, 0.2) is 0 Å². The van der Waals surface area contributed by atoms with Gasteiger partial charge in [-0.05, 0) is 18.6 Å². The van der Waals surface area contributed by atoms with Crippen LogP contribution in [0.25, 0.3) is 0 Å². The van der Waals surface area contributed by atoms with Crippen LogP contribution in [0.3, 0.4) is 0 Å². The molecular formula is C14H18N2O2. The van der Waals surface area contributed by atoms with Crippen molar-refractivity contribution in [2.45, 2.75) is 25.5 Å². The summed E-state index contributed by atoms with van der Waals surface area (Å²) < 4.78 is 5.47. The van der Waals surface area contributed by atoms with E-state index < -0.39 is 0 Å². The quantitative estimate of drug-likeness (QED) is 0.811. The van der Waals surface area contributed by atoms with Gasteiger partial charge in [-0.3, -0.25) is 4.79 Å². The number of nitrogens with zero attached hydrogens (tertiary/aromatic N) is 1. The van der Waals surface area contributed by atoms with E-state index in [9.17, 15) is 4.79 Å². The van der Waals surface area contributed by atoms with Crippen LogP contribution in [0.2, 0.25) is 0 Å². The molecule has 18 heavy (non-hydrogen) atoms. The molecule has 1 fully saturated rings. The fourth-order valence-electron chi connectivity index (χ4n) is 2.69. The van der Waals surface area contributed by atoms with Crippen LogP contribution in [0.1, 0.15) is 12.5 Å². The Morgan fingerprint density at radius 1 is 1.44 bits per heavy atom. The van der Waals surface area contributed by atoms with Crippen molar-refractivity contribution in [3.8, 4) is 0 Å². The summed E-state index contributed by atoms with van der Waals surface area (Å²) >= 11 is 0. The molecule has 2 heterocycles. The highest BCUT2D eigenvalue weighted by Crippen LogP contribution is 2.26. The fourth-order valence-corrected chi connectivity index (χ4v) is 2.69. The van der Waals surface area contributed by atoms with Crippen LogP contribution in [0.15, 0.2) is 24.3 Å². The maximum Gasteiger partial charge on any atom is 0.245 e. The first-order chi connectivity index (χ1) is 8.74. The maximum absolute atomic E-state index is 12.4. The average Bonchev–Trinajstić information content (AvgIpc) is 2.81. The molecule has 3 rings (SSSR count). The van der Waals surface area contributed by atoms with Crippen LogP contribution < -0.4 is 5.32 Å². The number of hydrogen-bond donors (Lipinski definition) is 1. The summed E-state index contributed by atoms with van der Waals surface area (Å²) in [4.78, 5) is 14.3. The van der Waals surface area contributed by atoms with Crippen LogP contribution in [0.4, 0.5) is 5.69 Å². The Balaban J connectivity index is 1.68. The normalized spacial score (nSPS) is 26.6. The molecule has 0 spiro atoms. The van der Waals surface area contributed by atoms with Gasteiger partial charge in [-0.1, -0.05) is 18.2 Å². The van der Waals surface area contributed by atoms with E-state index in [1.807, 2.05) is 30.0 Å². The van der Waals surface area contributed by atoms with E-state index in [2.05, 4.69) is 11.4 Å². The van der Waals surface area contributed by atoms with Gasteiger partial charge in [0.05, 0.1) is 12.7 Å². The summed E-state index contributed by atoms with van der Waals surface area (Å²) in [5.41, 5.74) is 2.33. The van der Waals surface area contributed by atoms with Crippen molar-refractivity contribution < 1.29 is 9.53 Å². The van der Waals surface area contributed by atoms with Gasteiger partial charge in [-0.2, -0.15) is 0 Å². The fraction of sp³-hybridized carbons (Fsp3) is 0.500. The van der Waals surface area contributed by atoms with Crippen molar-refractivity contribution >= 4 is 11.6 Å². The molecule has 0 bridgehead atoms. The Kier molecular flexibility index (Phi) is 2.96. The van der Waals surface area contributed by atoms with Crippen LogP contribution in [0, 0.1) is 0 Å². The van der Waals surface area contributed by atoms with Gasteiger partial charge >= 0.3 is 0 Å². The van der Waals surface area contributed by atoms with Crippen molar-refractivity contribution in [3.05, 3.63) is 29.8 Å². The number of hydrogen-bond acceptors (Lipinski definition) is 3. The Bertz CT molecular complexity index is 436. The SMILES string of the molecule is C[C@@H]1CN(C(=O)[C@H]2Cc3ccccc3N2)CCO1. The minimum Gasteiger partial charge on any atom is -0.375 e. The first-order valence-electron chi connectivity index (χ1n) is 6.49. The highest BCUT2D eigenvalue weighted by molar-refractivity contribution is 5.87. The molecule has 0 aliphatic carbocycles. The second-order valence-electron chi connectivity index (χ2n) is 5.02. The van der Waals surface area contributed by atoms with Crippen LogP contribution in [0.5, 0.6) is 0 Å². The predicted molar refractivity (Wildman–Crippen MR) is 69.6 cm³/mol. The summed E-state index contributed by atoms with van der Waals surface area (Å²) in [6, 6.07) is 8.02. The molecule has 2 aliphatic rings. The third-order valence-electron chi connectivity index (χ3n) is 3.62.